The molecule has 5 rings (SSSR count). The maximum absolute atomic E-state index is 13.0. The molecule has 3 aromatic rings. The van der Waals surface area contributed by atoms with Crippen LogP contribution in [-0.4, -0.2) is 45.3 Å². The van der Waals surface area contributed by atoms with Crippen LogP contribution in [0.2, 0.25) is 0 Å². The van der Waals surface area contributed by atoms with Gasteiger partial charge in [0.2, 0.25) is 5.91 Å². The number of para-hydroxylation sites is 1. The molecule has 6 nitrogen and oxygen atoms in total. The summed E-state index contributed by atoms with van der Waals surface area (Å²) in [5.74, 6) is 1.44. The van der Waals surface area contributed by atoms with Gasteiger partial charge in [0.1, 0.15) is 5.82 Å². The first-order chi connectivity index (χ1) is 16.7. The van der Waals surface area contributed by atoms with E-state index in [2.05, 4.69) is 16.3 Å². The zero-order valence-corrected chi connectivity index (χ0v) is 19.6. The quantitative estimate of drug-likeness (QED) is 0.528. The molecular formula is C28H34N4O2. The van der Waals surface area contributed by atoms with E-state index in [1.165, 1.54) is 25.7 Å². The second-order valence-corrected chi connectivity index (χ2v) is 9.70. The number of rotatable bonds is 7. The Morgan fingerprint density at radius 2 is 1.62 bits per heavy atom. The molecule has 2 N–H and O–H groups in total. The van der Waals surface area contributed by atoms with Crippen LogP contribution >= 0.6 is 0 Å². The minimum atomic E-state index is -0.439. The lowest BCUT2D eigenvalue weighted by molar-refractivity contribution is -0.117. The van der Waals surface area contributed by atoms with Crippen LogP contribution in [0.5, 0.6) is 0 Å². The van der Waals surface area contributed by atoms with Crippen LogP contribution in [0.1, 0.15) is 61.8 Å². The molecule has 1 atom stereocenters. The Balaban J connectivity index is 1.21. The maximum Gasteiger partial charge on any atom is 0.239 e. The summed E-state index contributed by atoms with van der Waals surface area (Å²) in [6.45, 7) is 1.98. The third kappa shape index (κ3) is 5.24. The van der Waals surface area contributed by atoms with E-state index in [1.54, 1.807) is 0 Å². The highest BCUT2D eigenvalue weighted by Gasteiger charge is 2.27. The van der Waals surface area contributed by atoms with Crippen molar-refractivity contribution < 1.29 is 9.90 Å². The third-order valence-electron chi connectivity index (χ3n) is 7.36. The number of hydrogen-bond donors (Lipinski definition) is 2. The number of aliphatic hydroxyl groups is 1. The number of carbonyl (C=O) groups is 1. The second-order valence-electron chi connectivity index (χ2n) is 9.70. The molecule has 1 aliphatic carbocycles. The van der Waals surface area contributed by atoms with Gasteiger partial charge in [-0.2, -0.15) is 5.10 Å². The van der Waals surface area contributed by atoms with Crippen molar-refractivity contribution in [1.82, 2.24) is 14.7 Å². The van der Waals surface area contributed by atoms with Gasteiger partial charge in [-0.05, 0) is 62.4 Å². The summed E-state index contributed by atoms with van der Waals surface area (Å²) < 4.78 is 1.87. The molecule has 34 heavy (non-hydrogen) atoms. The average molecular weight is 459 g/mol. The van der Waals surface area contributed by atoms with Crippen LogP contribution in [-0.2, 0) is 4.79 Å². The van der Waals surface area contributed by atoms with Gasteiger partial charge < -0.3 is 10.4 Å². The Morgan fingerprint density at radius 1 is 0.971 bits per heavy atom. The van der Waals surface area contributed by atoms with E-state index in [9.17, 15) is 9.90 Å². The molecular weight excluding hydrogens is 424 g/mol. The van der Waals surface area contributed by atoms with Crippen LogP contribution in [0.4, 0.5) is 5.82 Å². The van der Waals surface area contributed by atoms with Gasteiger partial charge in [-0.3, -0.25) is 9.69 Å². The number of benzene rings is 2. The molecule has 1 aromatic heterocycles. The fraction of sp³-hybridized carbons (Fsp3) is 0.429. The summed E-state index contributed by atoms with van der Waals surface area (Å²) in [6, 6.07) is 21.9. The van der Waals surface area contributed by atoms with Gasteiger partial charge in [0.25, 0.3) is 0 Å². The predicted molar refractivity (Wildman–Crippen MR) is 134 cm³/mol. The van der Waals surface area contributed by atoms with Crippen LogP contribution in [0.3, 0.4) is 0 Å². The highest BCUT2D eigenvalue weighted by molar-refractivity contribution is 5.91. The SMILES string of the molecule is O=C(CN1CCC([C@H](O)c2ccccc2)CC1)Nc1cc(C2CCCC2)nn1-c1ccccc1. The first kappa shape index (κ1) is 22.8. The van der Waals surface area contributed by atoms with Gasteiger partial charge in [-0.15, -0.1) is 0 Å². The van der Waals surface area contributed by atoms with E-state index >= 15 is 0 Å². The summed E-state index contributed by atoms with van der Waals surface area (Å²) >= 11 is 0. The van der Waals surface area contributed by atoms with Crippen molar-refractivity contribution in [3.05, 3.63) is 78.0 Å². The third-order valence-corrected chi connectivity index (χ3v) is 7.36. The van der Waals surface area contributed by atoms with Crippen LogP contribution in [0.25, 0.3) is 5.69 Å². The molecule has 0 radical (unpaired) electrons. The van der Waals surface area contributed by atoms with Crippen LogP contribution < -0.4 is 5.32 Å². The maximum atomic E-state index is 13.0. The molecule has 1 aliphatic heterocycles. The van der Waals surface area contributed by atoms with Gasteiger partial charge in [0.15, 0.2) is 0 Å². The van der Waals surface area contributed by atoms with Gasteiger partial charge in [0.05, 0.1) is 24.0 Å². The molecule has 0 unspecified atom stereocenters. The van der Waals surface area contributed by atoms with E-state index < -0.39 is 6.10 Å². The number of nitrogens with one attached hydrogen (secondary N) is 1. The summed E-state index contributed by atoms with van der Waals surface area (Å²) in [5.41, 5.74) is 3.01. The predicted octanol–water partition coefficient (Wildman–Crippen LogP) is 4.91. The van der Waals surface area contributed by atoms with E-state index in [0.717, 1.165) is 48.7 Å². The molecule has 2 aromatic carbocycles. The number of amides is 1. The molecule has 2 aliphatic rings. The highest BCUT2D eigenvalue weighted by atomic mass is 16.3. The molecule has 1 saturated heterocycles. The first-order valence-electron chi connectivity index (χ1n) is 12.6. The van der Waals surface area contributed by atoms with Gasteiger partial charge in [-0.25, -0.2) is 4.68 Å². The lowest BCUT2D eigenvalue weighted by atomic mass is 9.87. The van der Waals surface area contributed by atoms with Crippen LogP contribution in [0, 0.1) is 5.92 Å². The standard InChI is InChI=1S/C28H34N4O2/c33-27(20-31-17-15-23(16-18-31)28(34)22-11-3-1-4-12-22)29-26-19-25(21-9-7-8-10-21)30-32(26)24-13-5-2-6-14-24/h1-6,11-14,19,21,23,28,34H,7-10,15-18,20H2,(H,29,33)/t28-/m1/s1. The number of likely N-dealkylation sites (tertiary alicyclic amines) is 1. The Morgan fingerprint density at radius 3 is 2.29 bits per heavy atom. The van der Waals surface area contributed by atoms with E-state index in [0.29, 0.717) is 12.5 Å². The summed E-state index contributed by atoms with van der Waals surface area (Å²) in [5, 5.41) is 18.7. The van der Waals surface area contributed by atoms with E-state index in [-0.39, 0.29) is 11.8 Å². The van der Waals surface area contributed by atoms with Crippen molar-refractivity contribution in [2.24, 2.45) is 5.92 Å². The highest BCUT2D eigenvalue weighted by Crippen LogP contribution is 2.35. The average Bonchev–Trinajstić information content (AvgIpc) is 3.56. The Bertz CT molecular complexity index is 1070. The van der Waals surface area contributed by atoms with Crippen molar-refractivity contribution >= 4 is 11.7 Å². The number of anilines is 1. The topological polar surface area (TPSA) is 70.4 Å². The smallest absolute Gasteiger partial charge is 0.239 e. The van der Waals surface area contributed by atoms with Gasteiger partial charge in [-0.1, -0.05) is 61.4 Å². The number of nitrogens with zero attached hydrogens (tertiary/aromatic N) is 3. The van der Waals surface area contributed by atoms with Gasteiger partial charge >= 0.3 is 0 Å². The monoisotopic (exact) mass is 458 g/mol. The Labute approximate surface area is 201 Å². The lowest BCUT2D eigenvalue weighted by Crippen LogP contribution is -2.40. The zero-order chi connectivity index (χ0) is 23.3. The number of carbonyl (C=O) groups excluding carboxylic acids is 1. The first-order valence-corrected chi connectivity index (χ1v) is 12.6. The number of hydrogen-bond acceptors (Lipinski definition) is 4. The molecule has 0 bridgehead atoms. The summed E-state index contributed by atoms with van der Waals surface area (Å²) in [7, 11) is 0. The van der Waals surface area contributed by atoms with Crippen LogP contribution in [0.15, 0.2) is 66.7 Å². The van der Waals surface area contributed by atoms with E-state index in [1.807, 2.05) is 65.3 Å². The molecule has 2 fully saturated rings. The second kappa shape index (κ2) is 10.5. The molecule has 0 spiro atoms. The Hall–Kier alpha value is -2.96. The fourth-order valence-corrected chi connectivity index (χ4v) is 5.41. The summed E-state index contributed by atoms with van der Waals surface area (Å²) in [6.07, 6.45) is 6.17. The minimum absolute atomic E-state index is 0.0166. The zero-order valence-electron chi connectivity index (χ0n) is 19.6. The molecule has 178 valence electrons. The van der Waals surface area contributed by atoms with Crippen molar-refractivity contribution in [3.63, 3.8) is 0 Å². The summed E-state index contributed by atoms with van der Waals surface area (Å²) in [4.78, 5) is 15.2. The molecule has 2 heterocycles. The molecule has 1 amide bonds. The van der Waals surface area contributed by atoms with E-state index in [4.69, 9.17) is 5.10 Å². The minimum Gasteiger partial charge on any atom is -0.388 e. The number of aromatic nitrogens is 2. The molecule has 6 heteroatoms. The molecule has 1 saturated carbocycles. The van der Waals surface area contributed by atoms with Crippen molar-refractivity contribution in [1.29, 1.82) is 0 Å². The van der Waals surface area contributed by atoms with Crippen molar-refractivity contribution in [2.75, 3.05) is 25.0 Å². The lowest BCUT2D eigenvalue weighted by Gasteiger charge is -2.34. The van der Waals surface area contributed by atoms with Crippen molar-refractivity contribution in [3.8, 4) is 5.69 Å². The largest absolute Gasteiger partial charge is 0.388 e. The van der Waals surface area contributed by atoms with Crippen molar-refractivity contribution in [2.45, 2.75) is 50.5 Å². The fourth-order valence-electron chi connectivity index (χ4n) is 5.41. The normalized spacial score (nSPS) is 18.7. The number of piperidine rings is 1. The Kier molecular flexibility index (Phi) is 7.07. The number of aliphatic hydroxyl groups excluding tert-OH is 1. The van der Waals surface area contributed by atoms with Gasteiger partial charge in [0, 0.05) is 12.0 Å².